The molecule has 120 valence electrons. The number of hydrogen-bond acceptors (Lipinski definition) is 6. The average Bonchev–Trinajstić information content (AvgIpc) is 3.03. The largest absolute Gasteiger partial charge is 0.360 e. The van der Waals surface area contributed by atoms with Gasteiger partial charge in [-0.15, -0.1) is 5.10 Å². The fraction of sp³-hybridized carbons (Fsp3) is 0.538. The quantitative estimate of drug-likeness (QED) is 0.717. The molecule has 0 aliphatic heterocycles. The highest BCUT2D eigenvalue weighted by Crippen LogP contribution is 2.15. The lowest BCUT2D eigenvalue weighted by Gasteiger charge is -2.04. The average molecular weight is 325 g/mol. The van der Waals surface area contributed by atoms with Gasteiger partial charge in [0, 0.05) is 24.8 Å². The molecule has 0 aromatic carbocycles. The molecule has 0 aliphatic rings. The van der Waals surface area contributed by atoms with Crippen LogP contribution in [0.1, 0.15) is 31.9 Å². The van der Waals surface area contributed by atoms with Gasteiger partial charge in [0.05, 0.1) is 0 Å². The zero-order chi connectivity index (χ0) is 15.9. The van der Waals surface area contributed by atoms with E-state index in [1.54, 1.807) is 17.6 Å². The Morgan fingerprint density at radius 3 is 3.05 bits per heavy atom. The summed E-state index contributed by atoms with van der Waals surface area (Å²) in [4.78, 5) is 23.4. The fourth-order valence-corrected chi connectivity index (χ4v) is 2.70. The van der Waals surface area contributed by atoms with E-state index in [1.807, 2.05) is 0 Å². The maximum atomic E-state index is 11.8. The third kappa shape index (κ3) is 4.48. The Morgan fingerprint density at radius 1 is 1.55 bits per heavy atom. The molecular formula is C13H19N5O3S. The number of rotatable bonds is 8. The molecule has 9 heteroatoms. The maximum absolute atomic E-state index is 11.8. The van der Waals surface area contributed by atoms with Crippen molar-refractivity contribution in [1.29, 1.82) is 0 Å². The van der Waals surface area contributed by atoms with Gasteiger partial charge in [-0.25, -0.2) is 9.89 Å². The third-order valence-corrected chi connectivity index (χ3v) is 3.89. The van der Waals surface area contributed by atoms with E-state index in [0.29, 0.717) is 35.5 Å². The van der Waals surface area contributed by atoms with Gasteiger partial charge in [-0.1, -0.05) is 30.3 Å². The van der Waals surface area contributed by atoms with Gasteiger partial charge in [-0.05, 0) is 13.3 Å². The van der Waals surface area contributed by atoms with Crippen molar-refractivity contribution in [3.05, 3.63) is 22.3 Å². The second kappa shape index (κ2) is 7.83. The standard InChI is InChI=1S/C13H19N5O3S/c1-3-4-6-18-12(20)15-16-13(18)22-7-5-11(19)14-10-8-9(2)21-17-10/h8H,3-7H2,1-2H3,(H,15,20)(H,14,17,19). The van der Waals surface area contributed by atoms with Gasteiger partial charge in [-0.2, -0.15) is 0 Å². The molecule has 0 spiro atoms. The molecule has 1 amide bonds. The van der Waals surface area contributed by atoms with E-state index in [1.165, 1.54) is 11.8 Å². The first kappa shape index (κ1) is 16.3. The Hall–Kier alpha value is -2.03. The highest BCUT2D eigenvalue weighted by Gasteiger charge is 2.10. The van der Waals surface area contributed by atoms with Gasteiger partial charge in [-0.3, -0.25) is 9.36 Å². The lowest BCUT2D eigenvalue weighted by Crippen LogP contribution is -2.18. The first-order valence-corrected chi connectivity index (χ1v) is 8.10. The van der Waals surface area contributed by atoms with Gasteiger partial charge in [0.15, 0.2) is 11.0 Å². The van der Waals surface area contributed by atoms with E-state index >= 15 is 0 Å². The summed E-state index contributed by atoms with van der Waals surface area (Å²) in [7, 11) is 0. The monoisotopic (exact) mass is 325 g/mol. The molecule has 0 saturated carbocycles. The molecule has 2 aromatic rings. The topological polar surface area (TPSA) is 106 Å². The van der Waals surface area contributed by atoms with Crippen molar-refractivity contribution in [2.75, 3.05) is 11.1 Å². The Kier molecular flexibility index (Phi) is 5.82. The number of carbonyl (C=O) groups excluding carboxylic acids is 1. The maximum Gasteiger partial charge on any atom is 0.343 e. The van der Waals surface area contributed by atoms with Crippen LogP contribution in [0.5, 0.6) is 0 Å². The van der Waals surface area contributed by atoms with Crippen LogP contribution >= 0.6 is 11.8 Å². The van der Waals surface area contributed by atoms with E-state index in [4.69, 9.17) is 4.52 Å². The van der Waals surface area contributed by atoms with Gasteiger partial charge >= 0.3 is 5.69 Å². The molecule has 8 nitrogen and oxygen atoms in total. The molecule has 2 aromatic heterocycles. The predicted octanol–water partition coefficient (Wildman–Crippen LogP) is 1.79. The van der Waals surface area contributed by atoms with E-state index in [-0.39, 0.29) is 11.6 Å². The molecule has 22 heavy (non-hydrogen) atoms. The van der Waals surface area contributed by atoms with Crippen LogP contribution in [-0.4, -0.2) is 31.6 Å². The van der Waals surface area contributed by atoms with Crippen LogP contribution in [0.25, 0.3) is 0 Å². The number of aryl methyl sites for hydroxylation is 1. The summed E-state index contributed by atoms with van der Waals surface area (Å²) in [5.74, 6) is 1.42. The number of amides is 1. The summed E-state index contributed by atoms with van der Waals surface area (Å²) < 4.78 is 6.48. The summed E-state index contributed by atoms with van der Waals surface area (Å²) in [6.45, 7) is 4.46. The van der Waals surface area contributed by atoms with Crippen molar-refractivity contribution >= 4 is 23.5 Å². The lowest BCUT2D eigenvalue weighted by molar-refractivity contribution is -0.115. The van der Waals surface area contributed by atoms with Crippen molar-refractivity contribution < 1.29 is 9.32 Å². The summed E-state index contributed by atoms with van der Waals surface area (Å²) in [6.07, 6.45) is 2.21. The van der Waals surface area contributed by atoms with Crippen LogP contribution < -0.4 is 11.0 Å². The molecule has 0 bridgehead atoms. The van der Waals surface area contributed by atoms with E-state index < -0.39 is 0 Å². The number of thioether (sulfide) groups is 1. The van der Waals surface area contributed by atoms with Crippen LogP contribution in [0.2, 0.25) is 0 Å². The summed E-state index contributed by atoms with van der Waals surface area (Å²) in [6, 6.07) is 1.65. The molecule has 0 radical (unpaired) electrons. The second-order valence-electron chi connectivity index (χ2n) is 4.79. The zero-order valence-corrected chi connectivity index (χ0v) is 13.4. The SMILES string of the molecule is CCCCn1c(SCCC(=O)Nc2cc(C)on2)n[nH]c1=O. The molecule has 0 saturated heterocycles. The summed E-state index contributed by atoms with van der Waals surface area (Å²) in [5.41, 5.74) is -0.210. The molecule has 2 heterocycles. The third-order valence-electron chi connectivity index (χ3n) is 2.91. The molecule has 0 atom stereocenters. The lowest BCUT2D eigenvalue weighted by atomic mass is 10.3. The van der Waals surface area contributed by atoms with Crippen molar-refractivity contribution in [3.63, 3.8) is 0 Å². The number of aromatic nitrogens is 4. The van der Waals surface area contributed by atoms with Crippen LogP contribution in [-0.2, 0) is 11.3 Å². The van der Waals surface area contributed by atoms with E-state index in [0.717, 1.165) is 12.8 Å². The first-order chi connectivity index (χ1) is 10.6. The molecular weight excluding hydrogens is 306 g/mol. The molecule has 2 N–H and O–H groups in total. The van der Waals surface area contributed by atoms with Crippen molar-refractivity contribution in [1.82, 2.24) is 19.9 Å². The number of carbonyl (C=O) groups is 1. The van der Waals surface area contributed by atoms with Crippen LogP contribution in [0, 0.1) is 6.92 Å². The van der Waals surface area contributed by atoms with Crippen LogP contribution in [0.4, 0.5) is 5.82 Å². The normalized spacial score (nSPS) is 10.8. The van der Waals surface area contributed by atoms with Crippen molar-refractivity contribution in [2.24, 2.45) is 0 Å². The molecule has 0 fully saturated rings. The molecule has 2 rings (SSSR count). The van der Waals surface area contributed by atoms with Crippen molar-refractivity contribution in [2.45, 2.75) is 44.8 Å². The Balaban J connectivity index is 1.81. The Morgan fingerprint density at radius 2 is 2.36 bits per heavy atom. The minimum Gasteiger partial charge on any atom is -0.360 e. The number of anilines is 1. The van der Waals surface area contributed by atoms with Gasteiger partial charge < -0.3 is 9.84 Å². The minimum atomic E-state index is -0.210. The number of unbranched alkanes of at least 4 members (excludes halogenated alkanes) is 1. The Bertz CT molecular complexity index is 675. The van der Waals surface area contributed by atoms with Crippen LogP contribution in [0.3, 0.4) is 0 Å². The molecule has 0 aliphatic carbocycles. The first-order valence-electron chi connectivity index (χ1n) is 7.11. The summed E-state index contributed by atoms with van der Waals surface area (Å²) >= 11 is 1.38. The Labute approximate surface area is 131 Å². The zero-order valence-electron chi connectivity index (χ0n) is 12.6. The van der Waals surface area contributed by atoms with E-state index in [2.05, 4.69) is 27.6 Å². The number of aromatic amines is 1. The van der Waals surface area contributed by atoms with Gasteiger partial charge in [0.1, 0.15) is 5.76 Å². The minimum absolute atomic E-state index is 0.154. The fourth-order valence-electron chi connectivity index (χ4n) is 1.79. The van der Waals surface area contributed by atoms with Crippen LogP contribution in [0.15, 0.2) is 20.5 Å². The van der Waals surface area contributed by atoms with Gasteiger partial charge in [0.2, 0.25) is 5.91 Å². The number of H-pyrrole nitrogens is 1. The number of hydrogen-bond donors (Lipinski definition) is 2. The number of nitrogens with zero attached hydrogens (tertiary/aromatic N) is 3. The summed E-state index contributed by atoms with van der Waals surface area (Å²) in [5, 5.41) is 13.4. The molecule has 0 unspecified atom stereocenters. The van der Waals surface area contributed by atoms with Gasteiger partial charge in [0.25, 0.3) is 0 Å². The highest BCUT2D eigenvalue weighted by molar-refractivity contribution is 7.99. The number of nitrogens with one attached hydrogen (secondary N) is 2. The highest BCUT2D eigenvalue weighted by atomic mass is 32.2. The smallest absolute Gasteiger partial charge is 0.343 e. The second-order valence-corrected chi connectivity index (χ2v) is 5.85. The predicted molar refractivity (Wildman–Crippen MR) is 83.0 cm³/mol. The van der Waals surface area contributed by atoms with Crippen molar-refractivity contribution in [3.8, 4) is 0 Å². The van der Waals surface area contributed by atoms with E-state index in [9.17, 15) is 9.59 Å².